The number of nitrogens with one attached hydrogen (secondary N) is 1. The van der Waals surface area contributed by atoms with E-state index in [2.05, 4.69) is 5.32 Å². The van der Waals surface area contributed by atoms with E-state index in [1.807, 2.05) is 32.0 Å². The molecule has 1 aliphatic rings. The molecule has 0 aromatic heterocycles. The Kier molecular flexibility index (Phi) is 10.0. The van der Waals surface area contributed by atoms with Crippen molar-refractivity contribution in [3.63, 3.8) is 0 Å². The summed E-state index contributed by atoms with van der Waals surface area (Å²) < 4.78 is 10.9. The monoisotopic (exact) mass is 370 g/mol. The van der Waals surface area contributed by atoms with Crippen LogP contribution in [0.15, 0.2) is 18.2 Å². The number of carbonyl (C=O) groups excluding carboxylic acids is 1. The fourth-order valence-electron chi connectivity index (χ4n) is 3.31. The van der Waals surface area contributed by atoms with Crippen molar-refractivity contribution in [3.05, 3.63) is 29.3 Å². The molecule has 1 fully saturated rings. The molecule has 0 unspecified atom stereocenters. The van der Waals surface area contributed by atoms with E-state index in [4.69, 9.17) is 15.2 Å². The van der Waals surface area contributed by atoms with Crippen molar-refractivity contribution in [2.24, 2.45) is 17.6 Å². The van der Waals surface area contributed by atoms with E-state index in [1.54, 1.807) is 0 Å². The number of benzene rings is 1. The van der Waals surface area contributed by atoms with E-state index < -0.39 is 0 Å². The van der Waals surface area contributed by atoms with Gasteiger partial charge in [0.2, 0.25) is 5.91 Å². The number of carbonyl (C=O) groups is 1. The number of anilines is 1. The lowest BCUT2D eigenvalue weighted by molar-refractivity contribution is -0.120. The Hall–Kier alpha value is -1.14. The summed E-state index contributed by atoms with van der Waals surface area (Å²) in [5, 5.41) is 3.09. The molecule has 0 heterocycles. The highest BCUT2D eigenvalue weighted by Gasteiger charge is 2.32. The minimum absolute atomic E-state index is 0. The summed E-state index contributed by atoms with van der Waals surface area (Å²) in [6, 6.07) is 5.94. The maximum Gasteiger partial charge on any atom is 0.227 e. The van der Waals surface area contributed by atoms with Gasteiger partial charge in [0.25, 0.3) is 0 Å². The Morgan fingerprint density at radius 1 is 1.28 bits per heavy atom. The molecular formula is C19H31ClN2O3. The molecule has 1 aromatic rings. The molecule has 0 saturated heterocycles. The SMILES string of the molecule is CCOCCOCc1cccc(NC(=O)[C@@H]2CCC[C@@H]2CN)c1C.Cl. The van der Waals surface area contributed by atoms with Gasteiger partial charge in [0.15, 0.2) is 0 Å². The van der Waals surface area contributed by atoms with Crippen LogP contribution in [0.5, 0.6) is 0 Å². The maximum absolute atomic E-state index is 12.6. The van der Waals surface area contributed by atoms with Crippen LogP contribution in [0.25, 0.3) is 0 Å². The van der Waals surface area contributed by atoms with Crippen LogP contribution in [0.3, 0.4) is 0 Å². The molecule has 0 bridgehead atoms. The summed E-state index contributed by atoms with van der Waals surface area (Å²) in [6.07, 6.45) is 3.08. The molecule has 0 aliphatic heterocycles. The molecule has 6 heteroatoms. The summed E-state index contributed by atoms with van der Waals surface area (Å²) in [6.45, 7) is 6.98. The number of ether oxygens (including phenoxy) is 2. The summed E-state index contributed by atoms with van der Waals surface area (Å²) in [4.78, 5) is 12.6. The van der Waals surface area contributed by atoms with Gasteiger partial charge in [-0.15, -0.1) is 12.4 Å². The minimum Gasteiger partial charge on any atom is -0.379 e. The van der Waals surface area contributed by atoms with Gasteiger partial charge in [0, 0.05) is 18.2 Å². The fourth-order valence-corrected chi connectivity index (χ4v) is 3.31. The Morgan fingerprint density at radius 3 is 2.76 bits per heavy atom. The van der Waals surface area contributed by atoms with Crippen LogP contribution in [0, 0.1) is 18.8 Å². The first kappa shape index (κ1) is 21.9. The van der Waals surface area contributed by atoms with E-state index >= 15 is 0 Å². The highest BCUT2D eigenvalue weighted by atomic mass is 35.5. The topological polar surface area (TPSA) is 73.6 Å². The molecule has 25 heavy (non-hydrogen) atoms. The molecule has 142 valence electrons. The van der Waals surface area contributed by atoms with Crippen LogP contribution >= 0.6 is 12.4 Å². The predicted molar refractivity (Wildman–Crippen MR) is 103 cm³/mol. The number of halogens is 1. The second-order valence-electron chi connectivity index (χ2n) is 6.36. The molecule has 1 amide bonds. The smallest absolute Gasteiger partial charge is 0.227 e. The van der Waals surface area contributed by atoms with Crippen LogP contribution in [-0.4, -0.2) is 32.3 Å². The highest BCUT2D eigenvalue weighted by Crippen LogP contribution is 2.32. The average molecular weight is 371 g/mol. The standard InChI is InChI=1S/C19H30N2O3.ClH/c1-3-23-10-11-24-13-16-7-5-9-18(14(16)2)21-19(22)17-8-4-6-15(17)12-20;/h5,7,9,15,17H,3-4,6,8,10-13,20H2,1-2H3,(H,21,22);1H/t15-,17-;/m1./s1. The van der Waals surface area contributed by atoms with Gasteiger partial charge >= 0.3 is 0 Å². The first-order valence-corrected chi connectivity index (χ1v) is 8.92. The maximum atomic E-state index is 12.6. The third-order valence-electron chi connectivity index (χ3n) is 4.84. The molecule has 0 radical (unpaired) electrons. The number of rotatable bonds is 9. The van der Waals surface area contributed by atoms with Crippen molar-refractivity contribution in [1.29, 1.82) is 0 Å². The number of amides is 1. The highest BCUT2D eigenvalue weighted by molar-refractivity contribution is 5.93. The Morgan fingerprint density at radius 2 is 2.04 bits per heavy atom. The van der Waals surface area contributed by atoms with Crippen molar-refractivity contribution < 1.29 is 14.3 Å². The molecule has 5 nitrogen and oxygen atoms in total. The van der Waals surface area contributed by atoms with E-state index in [-0.39, 0.29) is 24.2 Å². The zero-order chi connectivity index (χ0) is 17.4. The molecule has 3 N–H and O–H groups in total. The van der Waals surface area contributed by atoms with Gasteiger partial charge < -0.3 is 20.5 Å². The average Bonchev–Trinajstić information content (AvgIpc) is 3.06. The predicted octanol–water partition coefficient (Wildman–Crippen LogP) is 3.28. The lowest BCUT2D eigenvalue weighted by Crippen LogP contribution is -2.30. The fraction of sp³-hybridized carbons (Fsp3) is 0.632. The van der Waals surface area contributed by atoms with Crippen LogP contribution in [0.2, 0.25) is 0 Å². The number of hydrogen-bond donors (Lipinski definition) is 2. The zero-order valence-electron chi connectivity index (χ0n) is 15.3. The second kappa shape index (κ2) is 11.5. The Balaban J connectivity index is 0.00000312. The second-order valence-corrected chi connectivity index (χ2v) is 6.36. The number of hydrogen-bond acceptors (Lipinski definition) is 4. The van der Waals surface area contributed by atoms with E-state index in [9.17, 15) is 4.79 Å². The van der Waals surface area contributed by atoms with E-state index in [0.717, 1.165) is 36.1 Å². The van der Waals surface area contributed by atoms with Crippen molar-refractivity contribution >= 4 is 24.0 Å². The van der Waals surface area contributed by atoms with Crippen molar-refractivity contribution in [1.82, 2.24) is 0 Å². The minimum atomic E-state index is 0. The Bertz CT molecular complexity index is 539. The Labute approximate surface area is 157 Å². The summed E-state index contributed by atoms with van der Waals surface area (Å²) in [7, 11) is 0. The van der Waals surface area contributed by atoms with E-state index in [1.165, 1.54) is 0 Å². The van der Waals surface area contributed by atoms with Gasteiger partial charge in [-0.25, -0.2) is 0 Å². The quantitative estimate of drug-likeness (QED) is 0.654. The molecule has 0 spiro atoms. The normalized spacial score (nSPS) is 19.5. The summed E-state index contributed by atoms with van der Waals surface area (Å²) in [5.74, 6) is 0.455. The molecule has 2 atom stereocenters. The van der Waals surface area contributed by atoms with Crippen LogP contribution in [-0.2, 0) is 20.9 Å². The third-order valence-corrected chi connectivity index (χ3v) is 4.84. The van der Waals surface area contributed by atoms with Gasteiger partial charge in [-0.2, -0.15) is 0 Å². The van der Waals surface area contributed by atoms with Crippen LogP contribution in [0.1, 0.15) is 37.3 Å². The molecule has 1 saturated carbocycles. The van der Waals surface area contributed by atoms with Crippen molar-refractivity contribution in [2.45, 2.75) is 39.7 Å². The van der Waals surface area contributed by atoms with Gasteiger partial charge in [0.05, 0.1) is 19.8 Å². The van der Waals surface area contributed by atoms with Gasteiger partial charge in [0.1, 0.15) is 0 Å². The van der Waals surface area contributed by atoms with Crippen molar-refractivity contribution in [3.8, 4) is 0 Å². The lowest BCUT2D eigenvalue weighted by Gasteiger charge is -2.19. The van der Waals surface area contributed by atoms with Crippen molar-refractivity contribution in [2.75, 3.05) is 31.7 Å². The molecular weight excluding hydrogens is 340 g/mol. The molecule has 1 aromatic carbocycles. The number of nitrogens with two attached hydrogens (primary N) is 1. The zero-order valence-corrected chi connectivity index (χ0v) is 16.1. The summed E-state index contributed by atoms with van der Waals surface area (Å²) >= 11 is 0. The van der Waals surface area contributed by atoms with Gasteiger partial charge in [-0.3, -0.25) is 4.79 Å². The molecule has 2 rings (SSSR count). The lowest BCUT2D eigenvalue weighted by atomic mass is 9.95. The third kappa shape index (κ3) is 6.26. The molecule has 1 aliphatic carbocycles. The van der Waals surface area contributed by atoms with E-state index in [0.29, 0.717) is 38.9 Å². The van der Waals surface area contributed by atoms with Gasteiger partial charge in [-0.05, 0) is 56.3 Å². The van der Waals surface area contributed by atoms with Crippen LogP contribution < -0.4 is 11.1 Å². The largest absolute Gasteiger partial charge is 0.379 e. The first-order valence-electron chi connectivity index (χ1n) is 8.92. The summed E-state index contributed by atoms with van der Waals surface area (Å²) in [5.41, 5.74) is 8.81. The first-order chi connectivity index (χ1) is 11.7. The van der Waals surface area contributed by atoms with Crippen LogP contribution in [0.4, 0.5) is 5.69 Å². The van der Waals surface area contributed by atoms with Gasteiger partial charge in [-0.1, -0.05) is 18.6 Å².